The van der Waals surface area contributed by atoms with Crippen LogP contribution in [0.5, 0.6) is 0 Å². The standard InChI is InChI=1S/C40H42F5N7O7/c1-38(2,3)59-37(58)47-20-22-6-10-25(11-7-22)33(54)49-30(18-21-4-8-23(9-5-21)26-14-17-28(31(46)53)29(41)19-26)34(55)48-27-15-12-24(13-16-27)32-50-35(52-51-32)39(42,43)40(44,45)36(56)57/h4-5,8-9,12-17,19,22,25,30H,6-7,10-11,18,20H2,1-3H3,(H2,46,53)(H,47,58)(H,48,55)(H,49,54)(H,56,57)(H,50,51,52)/t22?,25?,30-/m0/s1. The first-order valence-electron chi connectivity index (χ1n) is 18.4. The van der Waals surface area contributed by atoms with E-state index in [9.17, 15) is 45.9 Å². The molecule has 1 aromatic heterocycles. The highest BCUT2D eigenvalue weighted by Crippen LogP contribution is 2.42. The highest BCUT2D eigenvalue weighted by molar-refractivity contribution is 5.98. The van der Waals surface area contributed by atoms with E-state index in [1.54, 1.807) is 50.1 Å². The highest BCUT2D eigenvalue weighted by Gasteiger charge is 2.65. The number of nitrogens with one attached hydrogen (secondary N) is 4. The molecule has 0 spiro atoms. The van der Waals surface area contributed by atoms with Crippen LogP contribution in [0.25, 0.3) is 22.5 Å². The largest absolute Gasteiger partial charge is 0.477 e. The Labute approximate surface area is 334 Å². The summed E-state index contributed by atoms with van der Waals surface area (Å²) in [6, 6.07) is 15.0. The van der Waals surface area contributed by atoms with Gasteiger partial charge in [-0.3, -0.25) is 19.5 Å². The maximum atomic E-state index is 14.5. The SMILES string of the molecule is CC(C)(C)OC(=O)NCC1CCC(C(=O)N[C@@H](Cc2ccc(-c3ccc(C(N)=O)c(F)c3)cc2)C(=O)Nc2ccc(-c3n[nH]c(C(F)(F)C(F)(F)C(=O)O)n3)cc2)CC1. The summed E-state index contributed by atoms with van der Waals surface area (Å²) in [4.78, 5) is 65.0. The number of carbonyl (C=O) groups is 5. The predicted molar refractivity (Wildman–Crippen MR) is 203 cm³/mol. The minimum atomic E-state index is -5.47. The van der Waals surface area contributed by atoms with Gasteiger partial charge in [-0.1, -0.05) is 30.3 Å². The molecule has 0 saturated heterocycles. The third-order valence-corrected chi connectivity index (χ3v) is 9.60. The number of nitrogens with two attached hydrogens (primary N) is 1. The van der Waals surface area contributed by atoms with Gasteiger partial charge in [-0.25, -0.2) is 19.0 Å². The molecule has 19 heteroatoms. The molecule has 4 aromatic rings. The predicted octanol–water partition coefficient (Wildman–Crippen LogP) is 6.19. The van der Waals surface area contributed by atoms with Crippen molar-refractivity contribution in [2.24, 2.45) is 17.6 Å². The molecule has 4 amide bonds. The lowest BCUT2D eigenvalue weighted by Gasteiger charge is -2.29. The molecule has 1 saturated carbocycles. The molecule has 1 aliphatic rings. The van der Waals surface area contributed by atoms with Crippen LogP contribution in [0.3, 0.4) is 0 Å². The van der Waals surface area contributed by atoms with Crippen LogP contribution in [0, 0.1) is 17.7 Å². The number of H-pyrrole nitrogens is 1. The molecular weight excluding hydrogens is 785 g/mol. The van der Waals surface area contributed by atoms with E-state index >= 15 is 0 Å². The van der Waals surface area contributed by atoms with Gasteiger partial charge in [-0.15, -0.1) is 0 Å². The van der Waals surface area contributed by atoms with Gasteiger partial charge in [0.25, 0.3) is 5.91 Å². The van der Waals surface area contributed by atoms with Gasteiger partial charge in [0.15, 0.2) is 5.82 Å². The summed E-state index contributed by atoms with van der Waals surface area (Å²) in [7, 11) is 0. The third-order valence-electron chi connectivity index (χ3n) is 9.60. The minimum absolute atomic E-state index is 0.0230. The van der Waals surface area contributed by atoms with Crippen molar-refractivity contribution in [2.45, 2.75) is 76.4 Å². The number of carboxylic acid groups (broad SMARTS) is 1. The second-order valence-corrected chi connectivity index (χ2v) is 15.1. The lowest BCUT2D eigenvalue weighted by molar-refractivity contribution is -0.231. The first-order valence-corrected chi connectivity index (χ1v) is 18.4. The topological polar surface area (TPSA) is 218 Å². The van der Waals surface area contributed by atoms with Gasteiger partial charge in [0, 0.05) is 30.1 Å². The molecule has 0 bridgehead atoms. The van der Waals surface area contributed by atoms with Crippen LogP contribution < -0.4 is 21.7 Å². The Bertz CT molecular complexity index is 2180. The summed E-state index contributed by atoms with van der Waals surface area (Å²) in [6.07, 6.45) is 1.79. The fourth-order valence-electron chi connectivity index (χ4n) is 6.38. The van der Waals surface area contributed by atoms with E-state index in [0.29, 0.717) is 48.9 Å². The van der Waals surface area contributed by atoms with Crippen LogP contribution >= 0.6 is 0 Å². The number of amides is 4. The molecule has 1 heterocycles. The van der Waals surface area contributed by atoms with E-state index in [1.807, 2.05) is 0 Å². The van der Waals surface area contributed by atoms with E-state index in [0.717, 1.165) is 0 Å². The zero-order valence-corrected chi connectivity index (χ0v) is 32.1. The Balaban J connectivity index is 1.28. The number of ether oxygens (including phenoxy) is 1. The molecule has 5 rings (SSSR count). The zero-order chi connectivity index (χ0) is 43.3. The Kier molecular flexibility index (Phi) is 13.1. The quantitative estimate of drug-likeness (QED) is 0.0798. The number of rotatable bonds is 14. The second-order valence-electron chi connectivity index (χ2n) is 15.1. The van der Waals surface area contributed by atoms with Gasteiger partial charge in [0.1, 0.15) is 17.5 Å². The number of anilines is 1. The summed E-state index contributed by atoms with van der Waals surface area (Å²) in [6.45, 7) is 5.67. The Hall–Kier alpha value is -6.40. The van der Waals surface area contributed by atoms with Gasteiger partial charge in [0.2, 0.25) is 17.6 Å². The number of aliphatic carboxylic acids is 1. The number of alkyl halides is 4. The molecular formula is C40H42F5N7O7. The van der Waals surface area contributed by atoms with Crippen molar-refractivity contribution in [1.82, 2.24) is 25.8 Å². The number of primary amides is 1. The number of alkyl carbamates (subject to hydrolysis) is 1. The van der Waals surface area contributed by atoms with E-state index in [4.69, 9.17) is 15.6 Å². The number of nitrogens with zero attached hydrogens (tertiary/aromatic N) is 2. The summed E-state index contributed by atoms with van der Waals surface area (Å²) in [5, 5.41) is 22.1. The third kappa shape index (κ3) is 10.8. The van der Waals surface area contributed by atoms with Crippen molar-refractivity contribution in [3.63, 3.8) is 0 Å². The Morgan fingerprint density at radius 1 is 0.898 bits per heavy atom. The van der Waals surface area contributed by atoms with Crippen molar-refractivity contribution >= 4 is 35.5 Å². The van der Waals surface area contributed by atoms with Gasteiger partial charge in [-0.2, -0.15) is 22.7 Å². The molecule has 1 aliphatic carbocycles. The lowest BCUT2D eigenvalue weighted by atomic mass is 9.81. The maximum absolute atomic E-state index is 14.5. The van der Waals surface area contributed by atoms with Crippen molar-refractivity contribution in [3.8, 4) is 22.5 Å². The average molecular weight is 828 g/mol. The normalized spacial score (nSPS) is 16.4. The molecule has 14 nitrogen and oxygen atoms in total. The summed E-state index contributed by atoms with van der Waals surface area (Å²) in [5.41, 5.74) is 6.26. The van der Waals surface area contributed by atoms with E-state index in [1.165, 1.54) is 42.5 Å². The molecule has 1 atom stereocenters. The number of benzene rings is 3. The number of halogens is 5. The van der Waals surface area contributed by atoms with Crippen LogP contribution in [0.1, 0.15) is 68.2 Å². The van der Waals surface area contributed by atoms with Gasteiger partial charge < -0.3 is 31.5 Å². The van der Waals surface area contributed by atoms with Crippen LogP contribution in [0.4, 0.5) is 32.4 Å². The fourth-order valence-corrected chi connectivity index (χ4v) is 6.38. The first-order chi connectivity index (χ1) is 27.6. The fraction of sp³-hybridized carbons (Fsp3) is 0.375. The summed E-state index contributed by atoms with van der Waals surface area (Å²) in [5.74, 6) is -18.8. The van der Waals surface area contributed by atoms with Gasteiger partial charge in [0.05, 0.1) is 5.56 Å². The average Bonchev–Trinajstić information content (AvgIpc) is 3.68. The number of hydrogen-bond acceptors (Lipinski definition) is 8. The number of carbonyl (C=O) groups excluding carboxylic acids is 4. The number of aromatic nitrogens is 3. The van der Waals surface area contributed by atoms with Crippen molar-refractivity contribution in [2.75, 3.05) is 11.9 Å². The van der Waals surface area contributed by atoms with E-state index < -0.39 is 70.7 Å². The summed E-state index contributed by atoms with van der Waals surface area (Å²) >= 11 is 0. The van der Waals surface area contributed by atoms with Crippen LogP contribution in [-0.4, -0.2) is 74.2 Å². The van der Waals surface area contributed by atoms with E-state index in [2.05, 4.69) is 26.0 Å². The Morgan fingerprint density at radius 3 is 2.08 bits per heavy atom. The lowest BCUT2D eigenvalue weighted by Crippen LogP contribution is -2.48. The van der Waals surface area contributed by atoms with Crippen LogP contribution in [-0.2, 0) is 31.5 Å². The molecule has 0 unspecified atom stereocenters. The van der Waals surface area contributed by atoms with Crippen molar-refractivity contribution in [1.29, 1.82) is 0 Å². The monoisotopic (exact) mass is 827 g/mol. The second kappa shape index (κ2) is 17.6. The van der Waals surface area contributed by atoms with Crippen LogP contribution in [0.15, 0.2) is 66.7 Å². The highest BCUT2D eigenvalue weighted by atomic mass is 19.3. The maximum Gasteiger partial charge on any atom is 0.411 e. The molecule has 314 valence electrons. The number of carboxylic acids is 1. The first kappa shape index (κ1) is 43.7. The smallest absolute Gasteiger partial charge is 0.411 e. The number of aromatic amines is 1. The molecule has 0 radical (unpaired) electrons. The van der Waals surface area contributed by atoms with Gasteiger partial charge >= 0.3 is 23.9 Å². The minimum Gasteiger partial charge on any atom is -0.477 e. The van der Waals surface area contributed by atoms with E-state index in [-0.39, 0.29) is 35.1 Å². The summed E-state index contributed by atoms with van der Waals surface area (Å²) < 4.78 is 75.6. The van der Waals surface area contributed by atoms with Crippen LogP contribution in [0.2, 0.25) is 0 Å². The molecule has 3 aromatic carbocycles. The molecule has 1 fully saturated rings. The van der Waals surface area contributed by atoms with Crippen molar-refractivity contribution in [3.05, 3.63) is 89.5 Å². The zero-order valence-electron chi connectivity index (χ0n) is 32.1. The number of hydrogen-bond donors (Lipinski definition) is 6. The van der Waals surface area contributed by atoms with Crippen molar-refractivity contribution < 1.29 is 55.8 Å². The van der Waals surface area contributed by atoms with Gasteiger partial charge in [-0.05, 0) is 105 Å². The Morgan fingerprint density at radius 2 is 1.51 bits per heavy atom. The molecule has 0 aliphatic heterocycles. The molecule has 7 N–H and O–H groups in total. The molecule has 59 heavy (non-hydrogen) atoms.